The summed E-state index contributed by atoms with van der Waals surface area (Å²) in [4.78, 5) is 15.4. The van der Waals surface area contributed by atoms with Gasteiger partial charge in [0.15, 0.2) is 0 Å². The van der Waals surface area contributed by atoms with Gasteiger partial charge < -0.3 is 14.6 Å². The maximum Gasteiger partial charge on any atom is 0.317 e. The SMILES string of the molecule is CCOc1ccc(OCCN2CCC(N(CC)CC(=O)O)CC2)cc1. The van der Waals surface area contributed by atoms with Gasteiger partial charge in [0.25, 0.3) is 0 Å². The van der Waals surface area contributed by atoms with Gasteiger partial charge in [-0.3, -0.25) is 14.6 Å². The maximum absolute atomic E-state index is 10.9. The summed E-state index contributed by atoms with van der Waals surface area (Å²) < 4.78 is 11.2. The zero-order valence-electron chi connectivity index (χ0n) is 15.3. The van der Waals surface area contributed by atoms with Crippen molar-refractivity contribution in [1.29, 1.82) is 0 Å². The van der Waals surface area contributed by atoms with Gasteiger partial charge in [-0.15, -0.1) is 0 Å². The van der Waals surface area contributed by atoms with E-state index in [2.05, 4.69) is 9.80 Å². The number of benzene rings is 1. The monoisotopic (exact) mass is 350 g/mol. The highest BCUT2D eigenvalue weighted by atomic mass is 16.5. The van der Waals surface area contributed by atoms with E-state index in [-0.39, 0.29) is 6.54 Å². The first-order valence-corrected chi connectivity index (χ1v) is 9.16. The summed E-state index contributed by atoms with van der Waals surface area (Å²) in [5, 5.41) is 8.99. The molecule has 1 fully saturated rings. The minimum atomic E-state index is -0.743. The molecule has 1 saturated heterocycles. The van der Waals surface area contributed by atoms with E-state index in [9.17, 15) is 4.79 Å². The molecule has 0 radical (unpaired) electrons. The highest BCUT2D eigenvalue weighted by molar-refractivity contribution is 5.69. The molecule has 0 atom stereocenters. The largest absolute Gasteiger partial charge is 0.494 e. The van der Waals surface area contributed by atoms with Crippen molar-refractivity contribution in [3.05, 3.63) is 24.3 Å². The molecule has 1 aromatic rings. The highest BCUT2D eigenvalue weighted by Crippen LogP contribution is 2.18. The van der Waals surface area contributed by atoms with Gasteiger partial charge in [0, 0.05) is 12.6 Å². The summed E-state index contributed by atoms with van der Waals surface area (Å²) in [5.41, 5.74) is 0. The molecule has 1 N–H and O–H groups in total. The van der Waals surface area contributed by atoms with Crippen molar-refractivity contribution in [3.63, 3.8) is 0 Å². The van der Waals surface area contributed by atoms with Crippen LogP contribution in [0.2, 0.25) is 0 Å². The van der Waals surface area contributed by atoms with Crippen LogP contribution in [-0.4, -0.2) is 72.9 Å². The van der Waals surface area contributed by atoms with Gasteiger partial charge in [-0.1, -0.05) is 6.92 Å². The van der Waals surface area contributed by atoms with Crippen molar-refractivity contribution in [1.82, 2.24) is 9.80 Å². The molecule has 0 saturated carbocycles. The lowest BCUT2D eigenvalue weighted by Gasteiger charge is -2.37. The van der Waals surface area contributed by atoms with Gasteiger partial charge in [0.2, 0.25) is 0 Å². The fourth-order valence-corrected chi connectivity index (χ4v) is 3.27. The molecule has 0 amide bonds. The summed E-state index contributed by atoms with van der Waals surface area (Å²) in [6, 6.07) is 8.09. The lowest BCUT2D eigenvalue weighted by molar-refractivity contribution is -0.139. The number of carboxylic acid groups (broad SMARTS) is 1. The highest BCUT2D eigenvalue weighted by Gasteiger charge is 2.24. The van der Waals surface area contributed by atoms with E-state index in [1.54, 1.807) is 0 Å². The Hall–Kier alpha value is -1.79. The average molecular weight is 350 g/mol. The summed E-state index contributed by atoms with van der Waals surface area (Å²) in [5.74, 6) is 0.976. The number of likely N-dealkylation sites (N-methyl/N-ethyl adjacent to an activating group) is 1. The number of nitrogens with zero attached hydrogens (tertiary/aromatic N) is 2. The molecule has 0 unspecified atom stereocenters. The molecular weight excluding hydrogens is 320 g/mol. The quantitative estimate of drug-likeness (QED) is 0.699. The Morgan fingerprint density at radius 3 is 2.28 bits per heavy atom. The third-order valence-corrected chi connectivity index (χ3v) is 4.63. The molecule has 6 heteroatoms. The Kier molecular flexibility index (Phi) is 8.01. The van der Waals surface area contributed by atoms with Crippen molar-refractivity contribution in [2.75, 3.05) is 45.9 Å². The molecule has 0 spiro atoms. The van der Waals surface area contributed by atoms with Crippen LogP contribution in [0.5, 0.6) is 11.5 Å². The summed E-state index contributed by atoms with van der Waals surface area (Å²) in [6.45, 7) is 9.13. The predicted octanol–water partition coefficient (Wildman–Crippen LogP) is 2.33. The van der Waals surface area contributed by atoms with E-state index < -0.39 is 5.97 Å². The van der Waals surface area contributed by atoms with Crippen LogP contribution in [0.1, 0.15) is 26.7 Å². The van der Waals surface area contributed by atoms with Crippen molar-refractivity contribution >= 4 is 5.97 Å². The molecule has 1 heterocycles. The van der Waals surface area contributed by atoms with E-state index >= 15 is 0 Å². The number of rotatable bonds is 10. The van der Waals surface area contributed by atoms with E-state index in [0.717, 1.165) is 50.5 Å². The lowest BCUT2D eigenvalue weighted by Crippen LogP contribution is -2.47. The average Bonchev–Trinajstić information content (AvgIpc) is 2.62. The van der Waals surface area contributed by atoms with Crippen LogP contribution >= 0.6 is 0 Å². The number of carbonyl (C=O) groups is 1. The first kappa shape index (κ1) is 19.5. The van der Waals surface area contributed by atoms with E-state index in [0.29, 0.717) is 19.3 Å². The second kappa shape index (κ2) is 10.3. The van der Waals surface area contributed by atoms with Crippen LogP contribution in [0.25, 0.3) is 0 Å². The number of likely N-dealkylation sites (tertiary alicyclic amines) is 1. The number of aliphatic carboxylic acids is 1. The summed E-state index contributed by atoms with van der Waals surface area (Å²) in [6.07, 6.45) is 2.04. The minimum Gasteiger partial charge on any atom is -0.494 e. The Balaban J connectivity index is 1.67. The number of carboxylic acids is 1. The number of hydrogen-bond acceptors (Lipinski definition) is 5. The standard InChI is InChI=1S/C19H30N2O4/c1-3-21(15-19(22)23)16-9-11-20(12-10-16)13-14-25-18-7-5-17(6-8-18)24-4-2/h5-8,16H,3-4,9-15H2,1-2H3,(H,22,23). The molecule has 6 nitrogen and oxygen atoms in total. The second-order valence-corrected chi connectivity index (χ2v) is 6.28. The molecule has 1 aromatic carbocycles. The molecular formula is C19H30N2O4. The number of piperidine rings is 1. The summed E-state index contributed by atoms with van der Waals surface area (Å²) in [7, 11) is 0. The van der Waals surface area contributed by atoms with Crippen molar-refractivity contribution < 1.29 is 19.4 Å². The molecule has 2 rings (SSSR count). The molecule has 25 heavy (non-hydrogen) atoms. The van der Waals surface area contributed by atoms with E-state index in [4.69, 9.17) is 14.6 Å². The Bertz CT molecular complexity index is 513. The Morgan fingerprint density at radius 2 is 1.76 bits per heavy atom. The molecule has 1 aliphatic heterocycles. The third-order valence-electron chi connectivity index (χ3n) is 4.63. The third kappa shape index (κ3) is 6.55. The zero-order valence-corrected chi connectivity index (χ0v) is 15.3. The van der Waals surface area contributed by atoms with Crippen LogP contribution in [0, 0.1) is 0 Å². The van der Waals surface area contributed by atoms with Gasteiger partial charge in [-0.2, -0.15) is 0 Å². The molecule has 0 bridgehead atoms. The van der Waals surface area contributed by atoms with Gasteiger partial charge in [-0.25, -0.2) is 0 Å². The molecule has 0 aromatic heterocycles. The van der Waals surface area contributed by atoms with E-state index in [1.807, 2.05) is 38.1 Å². The maximum atomic E-state index is 10.9. The number of ether oxygens (including phenoxy) is 2. The van der Waals surface area contributed by atoms with Crippen LogP contribution < -0.4 is 9.47 Å². The Labute approximate surface area is 150 Å². The van der Waals surface area contributed by atoms with Crippen molar-refractivity contribution in [3.8, 4) is 11.5 Å². The van der Waals surface area contributed by atoms with Crippen LogP contribution in [0.3, 0.4) is 0 Å². The first-order chi connectivity index (χ1) is 12.1. The normalized spacial score (nSPS) is 16.1. The zero-order chi connectivity index (χ0) is 18.1. The Morgan fingerprint density at radius 1 is 1.16 bits per heavy atom. The van der Waals surface area contributed by atoms with E-state index in [1.165, 1.54) is 0 Å². The second-order valence-electron chi connectivity index (χ2n) is 6.28. The topological polar surface area (TPSA) is 62.2 Å². The van der Waals surface area contributed by atoms with Gasteiger partial charge >= 0.3 is 5.97 Å². The smallest absolute Gasteiger partial charge is 0.317 e. The van der Waals surface area contributed by atoms with Crippen molar-refractivity contribution in [2.24, 2.45) is 0 Å². The fourth-order valence-electron chi connectivity index (χ4n) is 3.27. The summed E-state index contributed by atoms with van der Waals surface area (Å²) >= 11 is 0. The first-order valence-electron chi connectivity index (χ1n) is 9.16. The number of hydrogen-bond donors (Lipinski definition) is 1. The van der Waals surface area contributed by atoms with Gasteiger partial charge in [-0.05, 0) is 63.7 Å². The van der Waals surface area contributed by atoms with Crippen LogP contribution in [-0.2, 0) is 4.79 Å². The van der Waals surface area contributed by atoms with Crippen molar-refractivity contribution in [2.45, 2.75) is 32.7 Å². The molecule has 1 aliphatic rings. The molecule has 0 aliphatic carbocycles. The minimum absolute atomic E-state index is 0.141. The van der Waals surface area contributed by atoms with Gasteiger partial charge in [0.05, 0.1) is 13.2 Å². The molecule has 140 valence electrons. The lowest BCUT2D eigenvalue weighted by atomic mass is 10.0. The fraction of sp³-hybridized carbons (Fsp3) is 0.632. The van der Waals surface area contributed by atoms with Gasteiger partial charge in [0.1, 0.15) is 18.1 Å². The predicted molar refractivity (Wildman–Crippen MR) is 97.5 cm³/mol. The van der Waals surface area contributed by atoms with Crippen LogP contribution in [0.4, 0.5) is 0 Å². The van der Waals surface area contributed by atoms with Crippen LogP contribution in [0.15, 0.2) is 24.3 Å².